The van der Waals surface area contributed by atoms with Crippen molar-refractivity contribution >= 4 is 40.7 Å². The summed E-state index contributed by atoms with van der Waals surface area (Å²) in [7, 11) is 0. The molecule has 34 heavy (non-hydrogen) atoms. The van der Waals surface area contributed by atoms with Crippen LogP contribution >= 0.6 is 11.6 Å². The van der Waals surface area contributed by atoms with Crippen molar-refractivity contribution in [1.29, 1.82) is 5.26 Å². The number of carbonyl (C=O) groups excluding carboxylic acids is 2. The lowest BCUT2D eigenvalue weighted by molar-refractivity contribution is 0.0940. The van der Waals surface area contributed by atoms with Crippen LogP contribution in [0.1, 0.15) is 57.9 Å². The highest BCUT2D eigenvalue weighted by Gasteiger charge is 2.45. The lowest BCUT2D eigenvalue weighted by atomic mass is 10.0. The zero-order valence-electron chi connectivity index (χ0n) is 18.2. The first kappa shape index (κ1) is 22.2. The van der Waals surface area contributed by atoms with Crippen molar-refractivity contribution in [3.05, 3.63) is 57.9 Å². The minimum absolute atomic E-state index is 0.121. The second kappa shape index (κ2) is 8.61. The number of hydrogen-bond acceptors (Lipinski definition) is 4. The zero-order valence-corrected chi connectivity index (χ0v) is 18.9. The van der Waals surface area contributed by atoms with Crippen molar-refractivity contribution in [2.24, 2.45) is 4.99 Å². The summed E-state index contributed by atoms with van der Waals surface area (Å²) in [4.78, 5) is 29.3. The summed E-state index contributed by atoms with van der Waals surface area (Å²) in [6.45, 7) is 1.35. The molecule has 2 aromatic rings. The number of carbonyl (C=O) groups is 2. The Hall–Kier alpha value is -3.64. The first-order valence-corrected chi connectivity index (χ1v) is 11.5. The molecule has 0 radical (unpaired) electrons. The quantitative estimate of drug-likeness (QED) is 0.502. The smallest absolute Gasteiger partial charge is 0.280 e. The van der Waals surface area contributed by atoms with Crippen LogP contribution in [0.5, 0.6) is 0 Å². The molecule has 174 valence electrons. The van der Waals surface area contributed by atoms with Gasteiger partial charge in [-0.25, -0.2) is 4.39 Å². The number of nitriles is 1. The molecule has 0 bridgehead atoms. The SMILES string of the molecule is N#CC1(NC(=O)c2cccc(Nc3c(F)cc(C(=O)N=C4NCCN4)cc3C3CC3)c2Cl)CC1. The molecule has 2 aliphatic carbocycles. The number of benzene rings is 2. The van der Waals surface area contributed by atoms with Gasteiger partial charge in [-0.05, 0) is 61.4 Å². The zero-order chi connectivity index (χ0) is 23.9. The normalized spacial score (nSPS) is 17.7. The summed E-state index contributed by atoms with van der Waals surface area (Å²) in [6, 6.07) is 9.78. The number of aliphatic imine (C=N–C) groups is 1. The number of anilines is 2. The fraction of sp³-hybridized carbons (Fsp3) is 0.333. The maximum Gasteiger partial charge on any atom is 0.280 e. The second-order valence-corrected chi connectivity index (χ2v) is 9.13. The van der Waals surface area contributed by atoms with E-state index in [2.05, 4.69) is 32.3 Å². The van der Waals surface area contributed by atoms with E-state index >= 15 is 4.39 Å². The Kier molecular flexibility index (Phi) is 5.62. The van der Waals surface area contributed by atoms with E-state index < -0.39 is 23.2 Å². The third-order valence-corrected chi connectivity index (χ3v) is 6.54. The number of guanidine groups is 1. The minimum Gasteiger partial charge on any atom is -0.354 e. The van der Waals surface area contributed by atoms with Crippen molar-refractivity contribution in [3.63, 3.8) is 0 Å². The Bertz CT molecular complexity index is 1250. The van der Waals surface area contributed by atoms with Gasteiger partial charge in [-0.15, -0.1) is 0 Å². The fourth-order valence-corrected chi connectivity index (χ4v) is 4.14. The van der Waals surface area contributed by atoms with Crippen molar-refractivity contribution in [2.75, 3.05) is 18.4 Å². The molecule has 5 rings (SSSR count). The van der Waals surface area contributed by atoms with E-state index in [1.54, 1.807) is 24.3 Å². The first-order valence-electron chi connectivity index (χ1n) is 11.1. The van der Waals surface area contributed by atoms with E-state index in [1.807, 2.05) is 0 Å². The van der Waals surface area contributed by atoms with E-state index in [9.17, 15) is 14.9 Å². The first-order chi connectivity index (χ1) is 16.4. The van der Waals surface area contributed by atoms with Gasteiger partial charge in [0.25, 0.3) is 11.8 Å². The molecule has 0 spiro atoms. The summed E-state index contributed by atoms with van der Waals surface area (Å²) in [5, 5.41) is 21.0. The molecule has 3 fully saturated rings. The second-order valence-electron chi connectivity index (χ2n) is 8.76. The van der Waals surface area contributed by atoms with Gasteiger partial charge in [0, 0.05) is 18.7 Å². The number of nitrogens with one attached hydrogen (secondary N) is 4. The molecule has 0 atom stereocenters. The molecule has 2 aromatic carbocycles. The average molecular weight is 481 g/mol. The number of nitrogens with zero attached hydrogens (tertiary/aromatic N) is 2. The molecule has 1 saturated heterocycles. The van der Waals surface area contributed by atoms with Gasteiger partial charge in [-0.3, -0.25) is 9.59 Å². The Morgan fingerprint density at radius 3 is 2.59 bits per heavy atom. The molecule has 0 unspecified atom stereocenters. The van der Waals surface area contributed by atoms with Gasteiger partial charge in [0.1, 0.15) is 11.4 Å². The van der Waals surface area contributed by atoms with Gasteiger partial charge >= 0.3 is 0 Å². The number of halogens is 2. The van der Waals surface area contributed by atoms with Crippen molar-refractivity contribution in [2.45, 2.75) is 37.1 Å². The highest BCUT2D eigenvalue weighted by atomic mass is 35.5. The molecule has 1 aliphatic heterocycles. The van der Waals surface area contributed by atoms with E-state index in [0.717, 1.165) is 18.9 Å². The van der Waals surface area contributed by atoms with Gasteiger partial charge in [0.05, 0.1) is 28.0 Å². The monoisotopic (exact) mass is 480 g/mol. The number of amides is 2. The Labute approximate surface area is 200 Å². The minimum atomic E-state index is -0.829. The average Bonchev–Trinajstić information content (AvgIpc) is 3.75. The van der Waals surface area contributed by atoms with Crippen LogP contribution in [0.3, 0.4) is 0 Å². The van der Waals surface area contributed by atoms with Gasteiger partial charge in [-0.1, -0.05) is 17.7 Å². The summed E-state index contributed by atoms with van der Waals surface area (Å²) in [5.41, 5.74) is 0.779. The van der Waals surface area contributed by atoms with Gasteiger partial charge < -0.3 is 21.3 Å². The summed E-state index contributed by atoms with van der Waals surface area (Å²) in [6.07, 6.45) is 2.97. The van der Waals surface area contributed by atoms with Crippen LogP contribution in [-0.4, -0.2) is 36.4 Å². The lowest BCUT2D eigenvalue weighted by Crippen LogP contribution is -2.35. The molecule has 0 aromatic heterocycles. The van der Waals surface area contributed by atoms with Gasteiger partial charge in [-0.2, -0.15) is 10.3 Å². The highest BCUT2D eigenvalue weighted by Crippen LogP contribution is 2.46. The Morgan fingerprint density at radius 1 is 1.21 bits per heavy atom. The van der Waals surface area contributed by atoms with E-state index in [-0.39, 0.29) is 27.8 Å². The maximum atomic E-state index is 15.3. The summed E-state index contributed by atoms with van der Waals surface area (Å²) >= 11 is 6.51. The summed E-state index contributed by atoms with van der Waals surface area (Å²) < 4.78 is 15.3. The van der Waals surface area contributed by atoms with E-state index in [1.165, 1.54) is 0 Å². The van der Waals surface area contributed by atoms with Crippen LogP contribution in [0.2, 0.25) is 5.02 Å². The molecule has 10 heteroatoms. The molecule has 3 aliphatic rings. The number of hydrogen-bond donors (Lipinski definition) is 4. The molecule has 1 heterocycles. The third-order valence-electron chi connectivity index (χ3n) is 6.13. The van der Waals surface area contributed by atoms with Crippen molar-refractivity contribution < 1.29 is 14.0 Å². The van der Waals surface area contributed by atoms with Gasteiger partial charge in [0.15, 0.2) is 5.96 Å². The maximum absolute atomic E-state index is 15.3. The fourth-order valence-electron chi connectivity index (χ4n) is 3.88. The van der Waals surface area contributed by atoms with Crippen LogP contribution in [0.15, 0.2) is 35.3 Å². The molecule has 2 saturated carbocycles. The van der Waals surface area contributed by atoms with Crippen LogP contribution in [-0.2, 0) is 0 Å². The molecule has 8 nitrogen and oxygen atoms in total. The van der Waals surface area contributed by atoms with Crippen molar-refractivity contribution in [1.82, 2.24) is 16.0 Å². The largest absolute Gasteiger partial charge is 0.354 e. The predicted molar refractivity (Wildman–Crippen MR) is 126 cm³/mol. The van der Waals surface area contributed by atoms with Crippen LogP contribution in [0.25, 0.3) is 0 Å². The van der Waals surface area contributed by atoms with Gasteiger partial charge in [0.2, 0.25) is 0 Å². The highest BCUT2D eigenvalue weighted by molar-refractivity contribution is 6.36. The van der Waals surface area contributed by atoms with E-state index in [0.29, 0.717) is 43.1 Å². The third kappa shape index (κ3) is 4.41. The molecular formula is C24H22ClFN6O2. The Morgan fingerprint density at radius 2 is 1.94 bits per heavy atom. The molecule has 2 amide bonds. The Balaban J connectivity index is 1.43. The van der Waals surface area contributed by atoms with E-state index in [4.69, 9.17) is 11.6 Å². The molecular weight excluding hydrogens is 459 g/mol. The number of rotatable bonds is 6. The summed E-state index contributed by atoms with van der Waals surface area (Å²) in [5.74, 6) is -1.09. The standard InChI is InChI=1S/C24H22ClFN6O2/c25-19-15(22(34)32-24(12-27)6-7-24)2-1-3-18(19)30-20-16(13-4-5-13)10-14(11-17(20)26)21(33)31-23-28-8-9-29-23/h1-3,10-11,13,30H,4-9H2,(H,32,34)(H2,28,29,31,33). The van der Waals surface area contributed by atoms with Crippen LogP contribution in [0, 0.1) is 17.1 Å². The van der Waals surface area contributed by atoms with Crippen molar-refractivity contribution in [3.8, 4) is 6.07 Å². The topological polar surface area (TPSA) is 118 Å². The predicted octanol–water partition coefficient (Wildman–Crippen LogP) is 3.58. The van der Waals surface area contributed by atoms with Crippen LogP contribution < -0.4 is 21.3 Å². The molecule has 4 N–H and O–H groups in total. The van der Waals surface area contributed by atoms with Crippen LogP contribution in [0.4, 0.5) is 15.8 Å². The lowest BCUT2D eigenvalue weighted by Gasteiger charge is -2.17.